The molecule has 1 aromatic carbocycles. The molecular formula is C20H27N5O2S2. The van der Waals surface area contributed by atoms with Gasteiger partial charge in [-0.15, -0.1) is 10.2 Å². The maximum Gasteiger partial charge on any atom is 0.235 e. The van der Waals surface area contributed by atoms with Crippen LogP contribution in [0.25, 0.3) is 0 Å². The van der Waals surface area contributed by atoms with E-state index in [1.54, 1.807) is 0 Å². The summed E-state index contributed by atoms with van der Waals surface area (Å²) in [6.45, 7) is 6.80. The number of anilines is 2. The van der Waals surface area contributed by atoms with Crippen LogP contribution in [0.15, 0.2) is 34.7 Å². The lowest BCUT2D eigenvalue weighted by molar-refractivity contribution is -0.130. The number of ether oxygens (including phenoxy) is 1. The quantitative estimate of drug-likeness (QED) is 0.673. The van der Waals surface area contributed by atoms with Gasteiger partial charge in [-0.3, -0.25) is 4.79 Å². The van der Waals surface area contributed by atoms with Gasteiger partial charge in [0.1, 0.15) is 0 Å². The van der Waals surface area contributed by atoms with Crippen LogP contribution in [0.1, 0.15) is 19.8 Å². The predicted molar refractivity (Wildman–Crippen MR) is 118 cm³/mol. The normalized spacial score (nSPS) is 20.7. The van der Waals surface area contributed by atoms with Crippen molar-refractivity contribution in [1.29, 1.82) is 0 Å². The Balaban J connectivity index is 1.23. The number of rotatable bonds is 7. The van der Waals surface area contributed by atoms with Gasteiger partial charge >= 0.3 is 0 Å². The van der Waals surface area contributed by atoms with E-state index in [9.17, 15) is 4.79 Å². The molecule has 29 heavy (non-hydrogen) atoms. The van der Waals surface area contributed by atoms with E-state index in [4.69, 9.17) is 4.74 Å². The Bertz CT molecular complexity index is 789. The topological polar surface area (TPSA) is 70.6 Å². The number of benzene rings is 1. The van der Waals surface area contributed by atoms with Crippen molar-refractivity contribution in [1.82, 2.24) is 15.1 Å². The van der Waals surface area contributed by atoms with Gasteiger partial charge in [0, 0.05) is 45.0 Å². The number of nitrogens with one attached hydrogen (secondary N) is 1. The van der Waals surface area contributed by atoms with E-state index in [0.29, 0.717) is 0 Å². The van der Waals surface area contributed by atoms with Crippen LogP contribution in [0.4, 0.5) is 10.8 Å². The molecule has 0 radical (unpaired) electrons. The second-order valence-electron chi connectivity index (χ2n) is 7.30. The van der Waals surface area contributed by atoms with Gasteiger partial charge in [0.2, 0.25) is 11.0 Å². The molecule has 3 heterocycles. The summed E-state index contributed by atoms with van der Waals surface area (Å²) in [4.78, 5) is 17.2. The number of aromatic nitrogens is 2. The fourth-order valence-electron chi connectivity index (χ4n) is 3.62. The van der Waals surface area contributed by atoms with Crippen molar-refractivity contribution < 1.29 is 9.53 Å². The molecule has 2 atom stereocenters. The van der Waals surface area contributed by atoms with Gasteiger partial charge in [-0.1, -0.05) is 41.3 Å². The van der Waals surface area contributed by atoms with Gasteiger partial charge in [-0.05, 0) is 31.9 Å². The minimum Gasteiger partial charge on any atom is -0.376 e. The number of para-hydroxylation sites is 1. The molecule has 0 bridgehead atoms. The van der Waals surface area contributed by atoms with Gasteiger partial charge < -0.3 is 19.9 Å². The summed E-state index contributed by atoms with van der Waals surface area (Å²) in [5.41, 5.74) is 1.22. The summed E-state index contributed by atoms with van der Waals surface area (Å²) < 4.78 is 6.44. The monoisotopic (exact) mass is 433 g/mol. The lowest BCUT2D eigenvalue weighted by atomic mass is 10.2. The lowest BCUT2D eigenvalue weighted by Gasteiger charge is -2.37. The number of nitrogens with zero attached hydrogens (tertiary/aromatic N) is 4. The zero-order valence-corrected chi connectivity index (χ0v) is 18.3. The molecule has 7 nitrogen and oxygen atoms in total. The van der Waals surface area contributed by atoms with Crippen LogP contribution in [0.3, 0.4) is 0 Å². The Labute approximate surface area is 179 Å². The smallest absolute Gasteiger partial charge is 0.235 e. The number of hydrogen-bond donors (Lipinski definition) is 1. The first-order chi connectivity index (χ1) is 14.2. The highest BCUT2D eigenvalue weighted by Crippen LogP contribution is 2.30. The summed E-state index contributed by atoms with van der Waals surface area (Å²) in [6.07, 6.45) is 2.49. The molecule has 0 spiro atoms. The summed E-state index contributed by atoms with van der Waals surface area (Å²) >= 11 is 2.99. The average Bonchev–Trinajstić information content (AvgIpc) is 3.44. The molecule has 1 aromatic heterocycles. The van der Waals surface area contributed by atoms with Gasteiger partial charge in [-0.2, -0.15) is 0 Å². The van der Waals surface area contributed by atoms with Crippen molar-refractivity contribution >= 4 is 39.8 Å². The zero-order valence-electron chi connectivity index (χ0n) is 16.6. The molecular weight excluding hydrogens is 406 g/mol. The zero-order chi connectivity index (χ0) is 20.1. The predicted octanol–water partition coefficient (Wildman–Crippen LogP) is 2.96. The molecule has 0 unspecified atom stereocenters. The fraction of sp³-hybridized carbons (Fsp3) is 0.550. The molecule has 0 aliphatic carbocycles. The molecule has 1 amide bonds. The summed E-state index contributed by atoms with van der Waals surface area (Å²) in [5, 5.41) is 12.3. The Hall–Kier alpha value is -1.84. The van der Waals surface area contributed by atoms with E-state index in [1.165, 1.54) is 28.8 Å². The van der Waals surface area contributed by atoms with Gasteiger partial charge in [0.15, 0.2) is 4.34 Å². The summed E-state index contributed by atoms with van der Waals surface area (Å²) in [6, 6.07) is 10.4. The Kier molecular flexibility index (Phi) is 6.89. The largest absolute Gasteiger partial charge is 0.376 e. The van der Waals surface area contributed by atoms with Gasteiger partial charge in [0.05, 0.1) is 11.4 Å². The second kappa shape index (κ2) is 9.77. The van der Waals surface area contributed by atoms with Crippen LogP contribution in [-0.4, -0.2) is 71.7 Å². The van der Waals surface area contributed by atoms with Crippen molar-refractivity contribution in [3.8, 4) is 0 Å². The third kappa shape index (κ3) is 5.40. The highest BCUT2D eigenvalue weighted by atomic mass is 32.2. The highest BCUT2D eigenvalue weighted by molar-refractivity contribution is 8.02. The number of piperazine rings is 1. The van der Waals surface area contributed by atoms with E-state index in [0.717, 1.165) is 61.6 Å². The maximum absolute atomic E-state index is 12.9. The van der Waals surface area contributed by atoms with Gasteiger partial charge in [0.25, 0.3) is 0 Å². The first-order valence-electron chi connectivity index (χ1n) is 10.1. The fourth-order valence-corrected chi connectivity index (χ4v) is 5.60. The van der Waals surface area contributed by atoms with Crippen LogP contribution < -0.4 is 10.2 Å². The molecule has 2 fully saturated rings. The van der Waals surface area contributed by atoms with Crippen molar-refractivity contribution in [3.63, 3.8) is 0 Å². The lowest BCUT2D eigenvalue weighted by Crippen LogP contribution is -2.50. The molecule has 9 heteroatoms. The van der Waals surface area contributed by atoms with Crippen LogP contribution in [-0.2, 0) is 9.53 Å². The van der Waals surface area contributed by atoms with Crippen molar-refractivity contribution in [2.75, 3.05) is 49.5 Å². The van der Waals surface area contributed by atoms with Crippen LogP contribution in [0.5, 0.6) is 0 Å². The number of amides is 1. The number of thioether (sulfide) groups is 1. The average molecular weight is 434 g/mol. The van der Waals surface area contributed by atoms with Crippen LogP contribution in [0, 0.1) is 0 Å². The first-order valence-corrected chi connectivity index (χ1v) is 11.8. The van der Waals surface area contributed by atoms with E-state index in [2.05, 4.69) is 44.7 Å². The molecule has 2 aromatic rings. The standard InChI is InChI=1S/C20H27N5O2S2/c1-15(28-20-23-22-19(29-20)21-14-17-8-5-13-27-17)18(26)25-11-9-24(10-12-25)16-6-3-2-4-7-16/h2-4,6-7,15,17H,5,8-14H2,1H3,(H,21,22)/t15-,17-/m0/s1. The summed E-state index contributed by atoms with van der Waals surface area (Å²) in [5.74, 6) is 0.173. The molecule has 4 rings (SSSR count). The maximum atomic E-state index is 12.9. The van der Waals surface area contributed by atoms with E-state index in [1.807, 2.05) is 17.9 Å². The number of carbonyl (C=O) groups is 1. The minimum absolute atomic E-state index is 0.169. The third-order valence-electron chi connectivity index (χ3n) is 5.25. The number of hydrogen-bond acceptors (Lipinski definition) is 8. The third-order valence-corrected chi connectivity index (χ3v) is 7.30. The Morgan fingerprint density at radius 1 is 1.28 bits per heavy atom. The van der Waals surface area contributed by atoms with Gasteiger partial charge in [-0.25, -0.2) is 0 Å². The first kappa shape index (κ1) is 20.4. The second-order valence-corrected chi connectivity index (χ2v) is 9.86. The van der Waals surface area contributed by atoms with Crippen LogP contribution >= 0.6 is 23.1 Å². The van der Waals surface area contributed by atoms with Crippen LogP contribution in [0.2, 0.25) is 0 Å². The molecule has 156 valence electrons. The molecule has 2 aliphatic heterocycles. The SMILES string of the molecule is C[C@H](Sc1nnc(NC[C@@H]2CCCO2)s1)C(=O)N1CCN(c2ccccc2)CC1. The number of carbonyl (C=O) groups excluding carboxylic acids is 1. The minimum atomic E-state index is -0.169. The van der Waals surface area contributed by atoms with Crippen molar-refractivity contribution in [2.24, 2.45) is 0 Å². The Morgan fingerprint density at radius 3 is 2.79 bits per heavy atom. The molecule has 2 aliphatic rings. The van der Waals surface area contributed by atoms with Crippen molar-refractivity contribution in [2.45, 2.75) is 35.5 Å². The van der Waals surface area contributed by atoms with Crippen molar-refractivity contribution in [3.05, 3.63) is 30.3 Å². The molecule has 0 saturated carbocycles. The van der Waals surface area contributed by atoms with E-state index in [-0.39, 0.29) is 17.3 Å². The summed E-state index contributed by atoms with van der Waals surface area (Å²) in [7, 11) is 0. The van der Waals surface area contributed by atoms with E-state index >= 15 is 0 Å². The molecule has 1 N–H and O–H groups in total. The Morgan fingerprint density at radius 2 is 2.07 bits per heavy atom. The highest BCUT2D eigenvalue weighted by Gasteiger charge is 2.26. The van der Waals surface area contributed by atoms with E-state index < -0.39 is 0 Å². The molecule has 2 saturated heterocycles.